The third-order valence-electron chi connectivity index (χ3n) is 5.37. The first-order valence-corrected chi connectivity index (χ1v) is 11.6. The molecule has 1 amide bonds. The van der Waals surface area contributed by atoms with Crippen molar-refractivity contribution in [1.29, 1.82) is 0 Å². The lowest BCUT2D eigenvalue weighted by molar-refractivity contribution is -0.0328. The number of amides is 1. The fourth-order valence-electron chi connectivity index (χ4n) is 3.62. The maximum Gasteiger partial charge on any atom is 0.446 e. The van der Waals surface area contributed by atoms with E-state index in [9.17, 15) is 18.0 Å². The van der Waals surface area contributed by atoms with Crippen molar-refractivity contribution in [3.05, 3.63) is 48.2 Å². The third kappa shape index (κ3) is 7.53. The van der Waals surface area contributed by atoms with E-state index in [-0.39, 0.29) is 22.2 Å². The fraction of sp³-hybridized carbons (Fsp3) is 0.478. The highest BCUT2D eigenvalue weighted by Crippen LogP contribution is 2.38. The number of hydrogen-bond acceptors (Lipinski definition) is 6. The molecule has 1 aliphatic rings. The van der Waals surface area contributed by atoms with Crippen LogP contribution in [0.3, 0.4) is 0 Å². The molecule has 33 heavy (non-hydrogen) atoms. The lowest BCUT2D eigenvalue weighted by Crippen LogP contribution is -2.39. The number of alkyl halides is 3. The number of hydrogen-bond donors (Lipinski definition) is 1. The Kier molecular flexibility index (Phi) is 8.12. The third-order valence-corrected chi connectivity index (χ3v) is 6.11. The Labute approximate surface area is 196 Å². The van der Waals surface area contributed by atoms with Crippen molar-refractivity contribution in [2.45, 2.75) is 56.1 Å². The fourth-order valence-corrected chi connectivity index (χ4v) is 4.16. The second-order valence-electron chi connectivity index (χ2n) is 8.56. The minimum Gasteiger partial charge on any atom is -0.449 e. The number of rotatable bonds is 8. The SMILES string of the molecule is CCCCOC(=O)Nc1cc(CN2CN(c3ccc(SC(F)(F)F)cc3)CC2(C)C)ccn1. The molecule has 3 rings (SSSR count). The maximum atomic E-state index is 12.6. The molecule has 1 fully saturated rings. The van der Waals surface area contributed by atoms with E-state index >= 15 is 0 Å². The first-order valence-electron chi connectivity index (χ1n) is 10.8. The zero-order chi connectivity index (χ0) is 24.1. The molecule has 0 aliphatic carbocycles. The van der Waals surface area contributed by atoms with Crippen LogP contribution in [0, 0.1) is 0 Å². The molecular weight excluding hydrogens is 453 g/mol. The number of nitrogens with zero attached hydrogens (tertiary/aromatic N) is 3. The maximum absolute atomic E-state index is 12.6. The van der Waals surface area contributed by atoms with Gasteiger partial charge in [-0.15, -0.1) is 0 Å². The van der Waals surface area contributed by atoms with Gasteiger partial charge in [-0.3, -0.25) is 10.2 Å². The van der Waals surface area contributed by atoms with Crippen molar-refractivity contribution in [2.24, 2.45) is 0 Å². The van der Waals surface area contributed by atoms with Crippen LogP contribution in [0.5, 0.6) is 0 Å². The Bertz CT molecular complexity index is 938. The van der Waals surface area contributed by atoms with E-state index in [4.69, 9.17) is 4.74 Å². The normalized spacial score (nSPS) is 16.1. The summed E-state index contributed by atoms with van der Waals surface area (Å²) in [5.74, 6) is 0.431. The number of nitrogens with one attached hydrogen (secondary N) is 1. The number of ether oxygens (including phenoxy) is 1. The molecule has 6 nitrogen and oxygen atoms in total. The van der Waals surface area contributed by atoms with Crippen LogP contribution in [-0.2, 0) is 11.3 Å². The first-order chi connectivity index (χ1) is 15.6. The molecule has 180 valence electrons. The van der Waals surface area contributed by atoms with Gasteiger partial charge in [0.1, 0.15) is 5.82 Å². The van der Waals surface area contributed by atoms with E-state index in [1.807, 2.05) is 19.1 Å². The van der Waals surface area contributed by atoms with Crippen molar-refractivity contribution < 1.29 is 22.7 Å². The summed E-state index contributed by atoms with van der Waals surface area (Å²) in [5, 5.41) is 2.66. The van der Waals surface area contributed by atoms with Crippen LogP contribution in [0.4, 0.5) is 29.5 Å². The molecule has 0 bridgehead atoms. The lowest BCUT2D eigenvalue weighted by atomic mass is 10.0. The summed E-state index contributed by atoms with van der Waals surface area (Å²) in [6.45, 7) is 8.65. The molecule has 2 aromatic rings. The van der Waals surface area contributed by atoms with Crippen molar-refractivity contribution in [3.63, 3.8) is 0 Å². The Morgan fingerprint density at radius 3 is 2.64 bits per heavy atom. The Hall–Kier alpha value is -2.46. The molecule has 1 aliphatic heterocycles. The number of benzene rings is 1. The summed E-state index contributed by atoms with van der Waals surface area (Å²) in [6.07, 6.45) is 2.88. The predicted octanol–water partition coefficient (Wildman–Crippen LogP) is 6.10. The zero-order valence-corrected chi connectivity index (χ0v) is 19.8. The smallest absolute Gasteiger partial charge is 0.446 e. The summed E-state index contributed by atoms with van der Waals surface area (Å²) < 4.78 is 42.9. The second kappa shape index (κ2) is 10.6. The van der Waals surface area contributed by atoms with Gasteiger partial charge >= 0.3 is 11.6 Å². The molecule has 0 saturated carbocycles. The van der Waals surface area contributed by atoms with E-state index < -0.39 is 11.6 Å². The van der Waals surface area contributed by atoms with Gasteiger partial charge in [-0.2, -0.15) is 13.2 Å². The predicted molar refractivity (Wildman–Crippen MR) is 124 cm³/mol. The molecule has 2 heterocycles. The molecule has 10 heteroatoms. The molecular formula is C23H29F3N4O2S. The summed E-state index contributed by atoms with van der Waals surface area (Å²) in [5.41, 5.74) is -2.59. The van der Waals surface area contributed by atoms with Crippen molar-refractivity contribution in [3.8, 4) is 0 Å². The largest absolute Gasteiger partial charge is 0.449 e. The van der Waals surface area contributed by atoms with Crippen molar-refractivity contribution in [1.82, 2.24) is 9.88 Å². The van der Waals surface area contributed by atoms with Crippen molar-refractivity contribution in [2.75, 3.05) is 30.0 Å². The van der Waals surface area contributed by atoms with Crippen molar-refractivity contribution >= 4 is 29.4 Å². The Morgan fingerprint density at radius 1 is 1.24 bits per heavy atom. The molecule has 1 aromatic carbocycles. The monoisotopic (exact) mass is 482 g/mol. The standard InChI is InChI=1S/C23H29F3N4O2S/c1-4-5-12-32-21(31)28-20-13-17(10-11-27-20)14-30-16-29(15-22(30,2)3)18-6-8-19(9-7-18)33-23(24,25)26/h6-11,13H,4-5,12,14-16H2,1-3H3,(H,27,28,31). The average molecular weight is 483 g/mol. The number of unbranched alkanes of at least 4 members (excludes halogenated alkanes) is 1. The van der Waals surface area contributed by atoms with Gasteiger partial charge < -0.3 is 9.64 Å². The summed E-state index contributed by atoms with van der Waals surface area (Å²) >= 11 is -0.109. The van der Waals surface area contributed by atoms with Gasteiger partial charge in [0.2, 0.25) is 0 Å². The average Bonchev–Trinajstić information content (AvgIpc) is 3.02. The molecule has 0 radical (unpaired) electrons. The molecule has 0 atom stereocenters. The molecule has 1 aromatic heterocycles. The number of carbonyl (C=O) groups excluding carboxylic acids is 1. The van der Waals surface area contributed by atoms with Crippen LogP contribution in [0.15, 0.2) is 47.5 Å². The highest BCUT2D eigenvalue weighted by Gasteiger charge is 2.37. The van der Waals surface area contributed by atoms with Gasteiger partial charge in [0.05, 0.1) is 13.3 Å². The van der Waals surface area contributed by atoms with Crippen LogP contribution in [0.2, 0.25) is 0 Å². The summed E-state index contributed by atoms with van der Waals surface area (Å²) in [7, 11) is 0. The van der Waals surface area contributed by atoms with E-state index in [1.54, 1.807) is 18.3 Å². The Morgan fingerprint density at radius 2 is 1.97 bits per heavy atom. The molecule has 1 N–H and O–H groups in total. The van der Waals surface area contributed by atoms with Crippen LogP contribution in [-0.4, -0.2) is 46.8 Å². The Balaban J connectivity index is 1.62. The van der Waals surface area contributed by atoms with Crippen LogP contribution in [0.1, 0.15) is 39.2 Å². The van der Waals surface area contributed by atoms with E-state index in [1.165, 1.54) is 12.1 Å². The summed E-state index contributed by atoms with van der Waals surface area (Å²) in [6, 6.07) is 10.2. The zero-order valence-electron chi connectivity index (χ0n) is 19.0. The van der Waals surface area contributed by atoms with Crippen LogP contribution < -0.4 is 10.2 Å². The first kappa shape index (κ1) is 25.2. The van der Waals surface area contributed by atoms with Gasteiger partial charge in [-0.05, 0) is 74.0 Å². The van der Waals surface area contributed by atoms with Crippen LogP contribution >= 0.6 is 11.8 Å². The van der Waals surface area contributed by atoms with Gasteiger partial charge in [-0.1, -0.05) is 13.3 Å². The molecule has 0 spiro atoms. The minimum absolute atomic E-state index is 0.109. The number of aromatic nitrogens is 1. The number of anilines is 2. The van der Waals surface area contributed by atoms with E-state index in [0.717, 1.165) is 30.6 Å². The summed E-state index contributed by atoms with van der Waals surface area (Å²) in [4.78, 5) is 20.7. The number of halogens is 3. The van der Waals surface area contributed by atoms with Gasteiger partial charge in [0.15, 0.2) is 0 Å². The van der Waals surface area contributed by atoms with Gasteiger partial charge in [0, 0.05) is 35.4 Å². The van der Waals surface area contributed by atoms with Crippen LogP contribution in [0.25, 0.3) is 0 Å². The topological polar surface area (TPSA) is 57.7 Å². The van der Waals surface area contributed by atoms with Gasteiger partial charge in [-0.25, -0.2) is 9.78 Å². The van der Waals surface area contributed by atoms with Gasteiger partial charge in [0.25, 0.3) is 0 Å². The molecule has 1 saturated heterocycles. The second-order valence-corrected chi connectivity index (χ2v) is 9.69. The minimum atomic E-state index is -4.29. The van der Waals surface area contributed by atoms with E-state index in [2.05, 4.69) is 33.9 Å². The number of thioether (sulfide) groups is 1. The molecule has 0 unspecified atom stereocenters. The highest BCUT2D eigenvalue weighted by molar-refractivity contribution is 8.00. The number of carbonyl (C=O) groups is 1. The quantitative estimate of drug-likeness (QED) is 0.362. The number of pyridine rings is 1. The lowest BCUT2D eigenvalue weighted by Gasteiger charge is -2.29. The highest BCUT2D eigenvalue weighted by atomic mass is 32.2. The van der Waals surface area contributed by atoms with E-state index in [0.29, 0.717) is 25.6 Å².